The molecule has 0 unspecified atom stereocenters. The second kappa shape index (κ2) is 8.97. The third kappa shape index (κ3) is 5.05. The Kier molecular flexibility index (Phi) is 6.42. The molecule has 5 nitrogen and oxygen atoms in total. The zero-order valence-electron chi connectivity index (χ0n) is 16.1. The first kappa shape index (κ1) is 19.3. The van der Waals surface area contributed by atoms with Gasteiger partial charge < -0.3 is 9.64 Å². The Morgan fingerprint density at radius 3 is 2.67 bits per heavy atom. The number of carbonyl (C=O) groups is 1. The molecule has 0 saturated carbocycles. The van der Waals surface area contributed by atoms with E-state index in [0.29, 0.717) is 19.6 Å². The van der Waals surface area contributed by atoms with Gasteiger partial charge in [0.2, 0.25) is 5.91 Å². The number of benzene rings is 2. The Hall–Kier alpha value is -2.44. The lowest BCUT2D eigenvalue weighted by molar-refractivity contribution is -0.856. The van der Waals surface area contributed by atoms with E-state index in [9.17, 15) is 4.79 Å². The number of nitrogens with one attached hydrogen (secondary N) is 1. The van der Waals surface area contributed by atoms with E-state index < -0.39 is 0 Å². The van der Waals surface area contributed by atoms with Gasteiger partial charge in [-0.25, -0.2) is 4.98 Å². The molecule has 0 fully saturated rings. The molecule has 1 heterocycles. The third-order valence-corrected chi connectivity index (χ3v) is 5.27. The number of aromatic nitrogens is 1. The van der Waals surface area contributed by atoms with E-state index in [0.717, 1.165) is 33.2 Å². The number of rotatable bonds is 8. The van der Waals surface area contributed by atoms with Crippen LogP contribution in [0.3, 0.4) is 0 Å². The van der Waals surface area contributed by atoms with Crippen molar-refractivity contribution < 1.29 is 14.4 Å². The zero-order chi connectivity index (χ0) is 19.2. The predicted molar refractivity (Wildman–Crippen MR) is 111 cm³/mol. The fourth-order valence-electron chi connectivity index (χ4n) is 2.79. The molecule has 3 rings (SSSR count). The normalized spacial score (nSPS) is 11.1. The summed E-state index contributed by atoms with van der Waals surface area (Å²) in [6.45, 7) is 4.10. The number of amides is 1. The van der Waals surface area contributed by atoms with Gasteiger partial charge in [0, 0.05) is 0 Å². The Morgan fingerprint density at radius 2 is 1.96 bits per heavy atom. The van der Waals surface area contributed by atoms with Gasteiger partial charge in [0.15, 0.2) is 5.13 Å². The number of ether oxygens (including phenoxy) is 1. The molecule has 6 heteroatoms. The van der Waals surface area contributed by atoms with E-state index in [4.69, 9.17) is 9.72 Å². The molecular formula is C21H26N3O2S+. The summed E-state index contributed by atoms with van der Waals surface area (Å²) in [5, 5.41) is 0.751. The lowest BCUT2D eigenvalue weighted by atomic mass is 10.1. The first-order valence-corrected chi connectivity index (χ1v) is 10.0. The number of anilines is 1. The molecule has 1 N–H and O–H groups in total. The molecule has 0 radical (unpaired) electrons. The fourth-order valence-corrected chi connectivity index (χ4v) is 3.83. The van der Waals surface area contributed by atoms with Gasteiger partial charge in [0.25, 0.3) is 0 Å². The van der Waals surface area contributed by atoms with Crippen molar-refractivity contribution in [3.8, 4) is 5.75 Å². The van der Waals surface area contributed by atoms with Crippen molar-refractivity contribution in [3.63, 3.8) is 0 Å². The average molecular weight is 385 g/mol. The molecular weight excluding hydrogens is 358 g/mol. The van der Waals surface area contributed by atoms with E-state index in [2.05, 4.69) is 14.1 Å². The highest BCUT2D eigenvalue weighted by molar-refractivity contribution is 7.22. The number of nitrogens with zero attached hydrogens (tertiary/aromatic N) is 2. The van der Waals surface area contributed by atoms with Gasteiger partial charge >= 0.3 is 0 Å². The molecule has 3 aromatic rings. The van der Waals surface area contributed by atoms with Crippen molar-refractivity contribution in [2.45, 2.75) is 13.3 Å². The molecule has 142 valence electrons. The number of hydrogen-bond donors (Lipinski definition) is 1. The van der Waals surface area contributed by atoms with Crippen LogP contribution in [-0.4, -0.2) is 44.7 Å². The van der Waals surface area contributed by atoms with Crippen molar-refractivity contribution in [2.24, 2.45) is 0 Å². The van der Waals surface area contributed by atoms with Crippen molar-refractivity contribution in [3.05, 3.63) is 54.1 Å². The maximum absolute atomic E-state index is 13.0. The van der Waals surface area contributed by atoms with Crippen LogP contribution in [0.2, 0.25) is 0 Å². The maximum atomic E-state index is 13.0. The van der Waals surface area contributed by atoms with E-state index >= 15 is 0 Å². The van der Waals surface area contributed by atoms with Crippen LogP contribution in [0, 0.1) is 0 Å². The number of quaternary nitrogens is 1. The minimum Gasteiger partial charge on any atom is -0.494 e. The summed E-state index contributed by atoms with van der Waals surface area (Å²) in [5.41, 5.74) is 1.91. The second-order valence-electron chi connectivity index (χ2n) is 6.72. The molecule has 27 heavy (non-hydrogen) atoms. The van der Waals surface area contributed by atoms with Gasteiger partial charge in [-0.15, -0.1) is 0 Å². The van der Waals surface area contributed by atoms with E-state index in [1.807, 2.05) is 60.4 Å². The topological polar surface area (TPSA) is 46.9 Å². The molecule has 0 spiro atoms. The number of carbonyl (C=O) groups excluding carboxylic acids is 1. The predicted octanol–water partition coefficient (Wildman–Crippen LogP) is 2.42. The van der Waals surface area contributed by atoms with Crippen molar-refractivity contribution in [1.82, 2.24) is 4.98 Å². The van der Waals surface area contributed by atoms with Gasteiger partial charge in [-0.1, -0.05) is 41.7 Å². The number of likely N-dealkylation sites (N-methyl/N-ethyl adjacent to an activating group) is 1. The summed E-state index contributed by atoms with van der Waals surface area (Å²) >= 11 is 1.54. The fraction of sp³-hybridized carbons (Fsp3) is 0.333. The Bertz CT molecular complexity index is 893. The van der Waals surface area contributed by atoms with Crippen LogP contribution in [-0.2, 0) is 11.2 Å². The lowest BCUT2D eigenvalue weighted by Crippen LogP contribution is -3.06. The smallest absolute Gasteiger partial charge is 0.233 e. The van der Waals surface area contributed by atoms with Gasteiger partial charge in [0.1, 0.15) is 5.75 Å². The van der Waals surface area contributed by atoms with E-state index in [-0.39, 0.29) is 5.91 Å². The first-order chi connectivity index (χ1) is 13.1. The largest absolute Gasteiger partial charge is 0.494 e. The Morgan fingerprint density at radius 1 is 1.19 bits per heavy atom. The summed E-state index contributed by atoms with van der Waals surface area (Å²) in [6, 6.07) is 15.7. The highest BCUT2D eigenvalue weighted by atomic mass is 32.1. The standard InChI is InChI=1S/C21H25N3O2S/c1-4-26-17-10-11-18-19(15-17)27-21(22-18)24(13-12-23(2)3)20(25)14-16-8-6-5-7-9-16/h5-11,15H,4,12-14H2,1-3H3/p+1. The average Bonchev–Trinajstić information content (AvgIpc) is 3.05. The molecule has 0 aliphatic carbocycles. The van der Waals surface area contributed by atoms with Crippen LogP contribution in [0.1, 0.15) is 12.5 Å². The van der Waals surface area contributed by atoms with Crippen LogP contribution in [0.5, 0.6) is 5.75 Å². The Balaban J connectivity index is 1.87. The molecule has 1 amide bonds. The van der Waals surface area contributed by atoms with Crippen molar-refractivity contribution in [2.75, 3.05) is 38.7 Å². The monoisotopic (exact) mass is 384 g/mol. The van der Waals surface area contributed by atoms with Gasteiger partial charge in [-0.3, -0.25) is 9.69 Å². The van der Waals surface area contributed by atoms with Gasteiger partial charge in [-0.2, -0.15) is 0 Å². The van der Waals surface area contributed by atoms with E-state index in [1.165, 1.54) is 4.90 Å². The molecule has 0 atom stereocenters. The Labute approximate surface area is 164 Å². The quantitative estimate of drug-likeness (QED) is 0.649. The van der Waals surface area contributed by atoms with Crippen molar-refractivity contribution >= 4 is 32.6 Å². The third-order valence-electron chi connectivity index (χ3n) is 4.23. The highest BCUT2D eigenvalue weighted by Gasteiger charge is 2.21. The van der Waals surface area contributed by atoms with Crippen LogP contribution in [0.4, 0.5) is 5.13 Å². The minimum absolute atomic E-state index is 0.0755. The summed E-state index contributed by atoms with van der Waals surface area (Å²) in [7, 11) is 4.18. The second-order valence-corrected chi connectivity index (χ2v) is 7.73. The summed E-state index contributed by atoms with van der Waals surface area (Å²) in [4.78, 5) is 20.9. The van der Waals surface area contributed by atoms with Crippen LogP contribution < -0.4 is 14.5 Å². The van der Waals surface area contributed by atoms with Crippen LogP contribution >= 0.6 is 11.3 Å². The number of hydrogen-bond acceptors (Lipinski definition) is 4. The number of thiazole rings is 1. The molecule has 0 aliphatic rings. The molecule has 2 aromatic carbocycles. The zero-order valence-corrected chi connectivity index (χ0v) is 16.9. The SMILES string of the molecule is CCOc1ccc2nc(N(CC[NH+](C)C)C(=O)Cc3ccccc3)sc2c1. The minimum atomic E-state index is 0.0755. The first-order valence-electron chi connectivity index (χ1n) is 9.23. The van der Waals surface area contributed by atoms with Gasteiger partial charge in [0.05, 0.1) is 50.4 Å². The molecule has 1 aromatic heterocycles. The molecule has 0 bridgehead atoms. The highest BCUT2D eigenvalue weighted by Crippen LogP contribution is 2.31. The molecule has 0 aliphatic heterocycles. The van der Waals surface area contributed by atoms with E-state index in [1.54, 1.807) is 11.3 Å². The maximum Gasteiger partial charge on any atom is 0.233 e. The van der Waals surface area contributed by atoms with Gasteiger partial charge in [-0.05, 0) is 30.7 Å². The lowest BCUT2D eigenvalue weighted by Gasteiger charge is -2.20. The van der Waals surface area contributed by atoms with Crippen LogP contribution in [0.15, 0.2) is 48.5 Å². The van der Waals surface area contributed by atoms with Crippen LogP contribution in [0.25, 0.3) is 10.2 Å². The summed E-state index contributed by atoms with van der Waals surface area (Å²) < 4.78 is 6.62. The number of fused-ring (bicyclic) bond motifs is 1. The summed E-state index contributed by atoms with van der Waals surface area (Å²) in [6.07, 6.45) is 0.379. The summed E-state index contributed by atoms with van der Waals surface area (Å²) in [5.74, 6) is 0.909. The molecule has 0 saturated heterocycles. The van der Waals surface area contributed by atoms with Crippen molar-refractivity contribution in [1.29, 1.82) is 0 Å².